The van der Waals surface area contributed by atoms with Gasteiger partial charge >= 0.3 is 5.97 Å². The normalized spacial score (nSPS) is 25.1. The predicted molar refractivity (Wildman–Crippen MR) is 78.5 cm³/mol. The molecule has 0 radical (unpaired) electrons. The van der Waals surface area contributed by atoms with E-state index in [4.69, 9.17) is 0 Å². The summed E-state index contributed by atoms with van der Waals surface area (Å²) in [7, 11) is 0. The van der Waals surface area contributed by atoms with E-state index in [0.29, 0.717) is 16.5 Å². The molecule has 20 heavy (non-hydrogen) atoms. The van der Waals surface area contributed by atoms with Gasteiger partial charge in [-0.15, -0.1) is 11.3 Å². The zero-order chi connectivity index (χ0) is 14.4. The van der Waals surface area contributed by atoms with E-state index in [2.05, 4.69) is 19.2 Å². The molecular weight excluding hydrogens is 274 g/mol. The van der Waals surface area contributed by atoms with Crippen LogP contribution >= 0.6 is 11.3 Å². The van der Waals surface area contributed by atoms with Crippen LogP contribution < -0.4 is 5.32 Å². The second kappa shape index (κ2) is 4.88. The molecule has 0 aromatic carbocycles. The average molecular weight is 293 g/mol. The van der Waals surface area contributed by atoms with E-state index in [1.54, 1.807) is 0 Å². The molecule has 1 aromatic heterocycles. The largest absolute Gasteiger partial charge is 0.478 e. The standard InChI is InChI=1S/C15H19NO3S/c1-7-3-6-10-11(8(7)2)12(15(18)19)14(20-10)16-13(17)9-4-5-9/h7-9H,3-6H2,1-2H3,(H,16,17)(H,18,19). The molecule has 1 aromatic rings. The van der Waals surface area contributed by atoms with Gasteiger partial charge in [0.15, 0.2) is 0 Å². The van der Waals surface area contributed by atoms with Gasteiger partial charge in [0.05, 0.1) is 5.56 Å². The molecule has 2 unspecified atom stereocenters. The molecule has 0 spiro atoms. The van der Waals surface area contributed by atoms with Gasteiger partial charge < -0.3 is 10.4 Å². The monoisotopic (exact) mass is 293 g/mol. The lowest BCUT2D eigenvalue weighted by Crippen LogP contribution is -2.18. The van der Waals surface area contributed by atoms with Crippen LogP contribution in [0.1, 0.15) is 59.8 Å². The maximum absolute atomic E-state index is 11.9. The summed E-state index contributed by atoms with van der Waals surface area (Å²) in [6.07, 6.45) is 3.86. The van der Waals surface area contributed by atoms with Gasteiger partial charge in [-0.25, -0.2) is 4.79 Å². The minimum Gasteiger partial charge on any atom is -0.478 e. The van der Waals surface area contributed by atoms with Crippen molar-refractivity contribution in [3.8, 4) is 0 Å². The summed E-state index contributed by atoms with van der Waals surface area (Å²) >= 11 is 1.46. The van der Waals surface area contributed by atoms with Gasteiger partial charge in [0.2, 0.25) is 5.91 Å². The Morgan fingerprint density at radius 3 is 2.55 bits per heavy atom. The summed E-state index contributed by atoms with van der Waals surface area (Å²) in [5, 5.41) is 12.9. The molecule has 2 aliphatic rings. The third-order valence-corrected chi connectivity index (χ3v) is 5.74. The number of rotatable bonds is 3. The van der Waals surface area contributed by atoms with Gasteiger partial charge in [0, 0.05) is 10.8 Å². The number of fused-ring (bicyclic) bond motifs is 1. The van der Waals surface area contributed by atoms with E-state index in [-0.39, 0.29) is 17.7 Å². The van der Waals surface area contributed by atoms with Crippen LogP contribution in [0.5, 0.6) is 0 Å². The van der Waals surface area contributed by atoms with Crippen molar-refractivity contribution in [3.05, 3.63) is 16.0 Å². The van der Waals surface area contributed by atoms with Crippen LogP contribution in [0.4, 0.5) is 5.00 Å². The molecule has 1 fully saturated rings. The van der Waals surface area contributed by atoms with E-state index in [1.165, 1.54) is 11.3 Å². The van der Waals surface area contributed by atoms with Gasteiger partial charge in [0.25, 0.3) is 0 Å². The number of hydrogen-bond acceptors (Lipinski definition) is 3. The van der Waals surface area contributed by atoms with E-state index in [9.17, 15) is 14.7 Å². The van der Waals surface area contributed by atoms with Crippen LogP contribution in [0.15, 0.2) is 0 Å². The molecular formula is C15H19NO3S. The molecule has 0 saturated heterocycles. The number of hydrogen-bond donors (Lipinski definition) is 2. The SMILES string of the molecule is CC1CCc2sc(NC(=O)C3CC3)c(C(=O)O)c2C1C. The average Bonchev–Trinajstić information content (AvgIpc) is 3.16. The van der Waals surface area contributed by atoms with Crippen LogP contribution in [0, 0.1) is 11.8 Å². The topological polar surface area (TPSA) is 66.4 Å². The summed E-state index contributed by atoms with van der Waals surface area (Å²) < 4.78 is 0. The minimum atomic E-state index is -0.922. The first-order valence-electron chi connectivity index (χ1n) is 7.18. The van der Waals surface area contributed by atoms with Gasteiger partial charge in [-0.2, -0.15) is 0 Å². The zero-order valence-electron chi connectivity index (χ0n) is 11.7. The number of carboxylic acid groups (broad SMARTS) is 1. The molecule has 0 bridgehead atoms. The second-order valence-electron chi connectivity index (χ2n) is 6.02. The van der Waals surface area contributed by atoms with Crippen molar-refractivity contribution in [3.63, 3.8) is 0 Å². The molecule has 5 heteroatoms. The Bertz CT molecular complexity index is 574. The van der Waals surface area contributed by atoms with Gasteiger partial charge in [0.1, 0.15) is 5.00 Å². The molecule has 4 nitrogen and oxygen atoms in total. The maximum Gasteiger partial charge on any atom is 0.339 e. The smallest absolute Gasteiger partial charge is 0.339 e. The second-order valence-corrected chi connectivity index (χ2v) is 7.12. The van der Waals surface area contributed by atoms with Crippen LogP contribution in [-0.2, 0) is 11.2 Å². The van der Waals surface area contributed by atoms with Crippen molar-refractivity contribution >= 4 is 28.2 Å². The van der Waals surface area contributed by atoms with Gasteiger partial charge in [-0.1, -0.05) is 13.8 Å². The summed E-state index contributed by atoms with van der Waals surface area (Å²) in [4.78, 5) is 24.7. The Kier molecular flexibility index (Phi) is 3.32. The number of carbonyl (C=O) groups is 2. The van der Waals surface area contributed by atoms with Crippen LogP contribution in [0.25, 0.3) is 0 Å². The van der Waals surface area contributed by atoms with E-state index < -0.39 is 5.97 Å². The first-order valence-corrected chi connectivity index (χ1v) is 8.00. The fourth-order valence-electron chi connectivity index (χ4n) is 2.91. The summed E-state index contributed by atoms with van der Waals surface area (Å²) in [6.45, 7) is 4.26. The van der Waals surface area contributed by atoms with Crippen LogP contribution in [0.2, 0.25) is 0 Å². The number of carboxylic acids is 1. The summed E-state index contributed by atoms with van der Waals surface area (Å²) in [5.74, 6) is -0.122. The van der Waals surface area contributed by atoms with Crippen molar-refractivity contribution in [2.75, 3.05) is 5.32 Å². The highest BCUT2D eigenvalue weighted by molar-refractivity contribution is 7.17. The first-order chi connectivity index (χ1) is 9.49. The lowest BCUT2D eigenvalue weighted by molar-refractivity contribution is -0.117. The maximum atomic E-state index is 11.9. The predicted octanol–water partition coefficient (Wildman–Crippen LogP) is 3.48. The molecule has 1 heterocycles. The molecule has 1 saturated carbocycles. The fourth-order valence-corrected chi connectivity index (χ4v) is 4.23. The molecule has 2 aliphatic carbocycles. The Balaban J connectivity index is 1.99. The fraction of sp³-hybridized carbons (Fsp3) is 0.600. The minimum absolute atomic E-state index is 0.0215. The zero-order valence-corrected chi connectivity index (χ0v) is 12.5. The number of carbonyl (C=O) groups excluding carboxylic acids is 1. The molecule has 108 valence electrons. The van der Waals surface area contributed by atoms with Crippen molar-refractivity contribution < 1.29 is 14.7 Å². The highest BCUT2D eigenvalue weighted by Gasteiger charge is 2.35. The number of thiophene rings is 1. The van der Waals surface area contributed by atoms with E-state index >= 15 is 0 Å². The van der Waals surface area contributed by atoms with Crippen molar-refractivity contribution in [2.45, 2.75) is 45.4 Å². The lowest BCUT2D eigenvalue weighted by atomic mass is 9.79. The Morgan fingerprint density at radius 1 is 1.25 bits per heavy atom. The molecule has 0 aliphatic heterocycles. The number of nitrogens with one attached hydrogen (secondary N) is 1. The Labute approximate surface area is 122 Å². The van der Waals surface area contributed by atoms with Crippen molar-refractivity contribution in [1.29, 1.82) is 0 Å². The number of aromatic carboxylic acids is 1. The van der Waals surface area contributed by atoms with E-state index in [1.807, 2.05) is 0 Å². The molecule has 2 N–H and O–H groups in total. The highest BCUT2D eigenvalue weighted by Crippen LogP contribution is 2.46. The molecule has 3 rings (SSSR count). The van der Waals surface area contributed by atoms with Crippen molar-refractivity contribution in [2.24, 2.45) is 11.8 Å². The van der Waals surface area contributed by atoms with Crippen molar-refractivity contribution in [1.82, 2.24) is 0 Å². The van der Waals surface area contributed by atoms with Gasteiger partial charge in [-0.3, -0.25) is 4.79 Å². The summed E-state index contributed by atoms with van der Waals surface area (Å²) in [5.41, 5.74) is 1.28. The quantitative estimate of drug-likeness (QED) is 0.896. The summed E-state index contributed by atoms with van der Waals surface area (Å²) in [6, 6.07) is 0. The third kappa shape index (κ3) is 2.24. The van der Waals surface area contributed by atoms with Crippen LogP contribution in [-0.4, -0.2) is 17.0 Å². The molecule has 1 amide bonds. The number of amides is 1. The molecule has 2 atom stereocenters. The van der Waals surface area contributed by atoms with E-state index in [0.717, 1.165) is 36.1 Å². The van der Waals surface area contributed by atoms with Gasteiger partial charge in [-0.05, 0) is 43.1 Å². The Morgan fingerprint density at radius 2 is 1.95 bits per heavy atom. The lowest BCUT2D eigenvalue weighted by Gasteiger charge is -2.26. The third-order valence-electron chi connectivity index (χ3n) is 4.56. The number of aryl methyl sites for hydroxylation is 1. The highest BCUT2D eigenvalue weighted by atomic mass is 32.1. The Hall–Kier alpha value is -1.36. The van der Waals surface area contributed by atoms with Crippen LogP contribution in [0.3, 0.4) is 0 Å². The number of anilines is 1. The first kappa shape index (κ1) is 13.6.